The first kappa shape index (κ1) is 20.2. The van der Waals surface area contributed by atoms with Gasteiger partial charge in [0.05, 0.1) is 17.8 Å². The van der Waals surface area contributed by atoms with Crippen LogP contribution >= 0.6 is 0 Å². The van der Waals surface area contributed by atoms with Crippen molar-refractivity contribution in [3.8, 4) is 0 Å². The van der Waals surface area contributed by atoms with Crippen molar-refractivity contribution < 1.29 is 29.3 Å². The molecule has 3 saturated carbocycles. The summed E-state index contributed by atoms with van der Waals surface area (Å²) >= 11 is 0. The number of aliphatic carboxylic acids is 2. The van der Waals surface area contributed by atoms with Gasteiger partial charge < -0.3 is 14.9 Å². The van der Waals surface area contributed by atoms with E-state index in [1.807, 2.05) is 0 Å². The second-order valence-corrected chi connectivity index (χ2v) is 8.78. The van der Waals surface area contributed by atoms with Crippen molar-refractivity contribution in [2.24, 2.45) is 29.6 Å². The van der Waals surface area contributed by atoms with Crippen molar-refractivity contribution in [3.63, 3.8) is 0 Å². The zero-order valence-corrected chi connectivity index (χ0v) is 16.0. The van der Waals surface area contributed by atoms with Crippen molar-refractivity contribution in [1.29, 1.82) is 0 Å². The highest BCUT2D eigenvalue weighted by Gasteiger charge is 2.40. The SMILES string of the molecule is O=C(O)C1CCC(C(OC(=O)C2CCCC2)C2CCC(C(=O)O)CC2)CC1. The minimum absolute atomic E-state index is 0.0122. The lowest BCUT2D eigenvalue weighted by Crippen LogP contribution is -2.40. The standard InChI is InChI=1S/C21H32O6/c22-19(23)15-9-5-13(6-10-15)18(27-21(26)17-3-1-2-4-17)14-7-11-16(12-8-14)20(24)25/h13-18H,1-12H2,(H,22,23)(H,24,25). The zero-order valence-electron chi connectivity index (χ0n) is 16.0. The molecule has 27 heavy (non-hydrogen) atoms. The van der Waals surface area contributed by atoms with Crippen molar-refractivity contribution in [2.75, 3.05) is 0 Å². The van der Waals surface area contributed by atoms with Crippen LogP contribution in [0.3, 0.4) is 0 Å². The van der Waals surface area contributed by atoms with Gasteiger partial charge >= 0.3 is 17.9 Å². The molecule has 3 aliphatic carbocycles. The Labute approximate surface area is 160 Å². The first-order chi connectivity index (χ1) is 13.0. The van der Waals surface area contributed by atoms with Crippen molar-refractivity contribution in [3.05, 3.63) is 0 Å². The highest BCUT2D eigenvalue weighted by Crippen LogP contribution is 2.41. The van der Waals surface area contributed by atoms with Gasteiger partial charge in [-0.05, 0) is 76.0 Å². The molecule has 6 heteroatoms. The lowest BCUT2D eigenvalue weighted by Gasteiger charge is -2.39. The highest BCUT2D eigenvalue weighted by atomic mass is 16.5. The Bertz CT molecular complexity index is 503. The summed E-state index contributed by atoms with van der Waals surface area (Å²) in [7, 11) is 0. The molecule has 0 saturated heterocycles. The summed E-state index contributed by atoms with van der Waals surface area (Å²) in [6.45, 7) is 0. The Hall–Kier alpha value is -1.59. The van der Waals surface area contributed by atoms with E-state index in [9.17, 15) is 24.6 Å². The zero-order chi connectivity index (χ0) is 19.4. The maximum absolute atomic E-state index is 12.7. The molecule has 0 amide bonds. The summed E-state index contributed by atoms with van der Waals surface area (Å²) in [5, 5.41) is 18.5. The fourth-order valence-electron chi connectivity index (χ4n) is 5.36. The van der Waals surface area contributed by atoms with Gasteiger partial charge in [0, 0.05) is 0 Å². The van der Waals surface area contributed by atoms with Crippen LogP contribution in [0.1, 0.15) is 77.0 Å². The summed E-state index contributed by atoms with van der Waals surface area (Å²) in [5.41, 5.74) is 0. The van der Waals surface area contributed by atoms with E-state index in [2.05, 4.69) is 0 Å². The number of hydrogen-bond acceptors (Lipinski definition) is 4. The highest BCUT2D eigenvalue weighted by molar-refractivity contribution is 5.73. The minimum atomic E-state index is -0.727. The van der Waals surface area contributed by atoms with Crippen LogP contribution in [0.2, 0.25) is 0 Å². The largest absolute Gasteiger partial charge is 0.481 e. The van der Waals surface area contributed by atoms with E-state index in [0.29, 0.717) is 25.7 Å². The summed E-state index contributed by atoms with van der Waals surface area (Å²) in [6, 6.07) is 0. The van der Waals surface area contributed by atoms with Crippen LogP contribution in [0.15, 0.2) is 0 Å². The molecule has 3 aliphatic rings. The lowest BCUT2D eigenvalue weighted by atomic mass is 9.71. The van der Waals surface area contributed by atoms with Crippen LogP contribution in [0.4, 0.5) is 0 Å². The Morgan fingerprint density at radius 3 is 1.41 bits per heavy atom. The summed E-state index contributed by atoms with van der Waals surface area (Å²) in [5.74, 6) is -1.68. The molecule has 6 nitrogen and oxygen atoms in total. The number of carboxylic acids is 2. The molecule has 3 fully saturated rings. The number of hydrogen-bond donors (Lipinski definition) is 2. The molecule has 152 valence electrons. The number of esters is 1. The second-order valence-electron chi connectivity index (χ2n) is 8.78. The smallest absolute Gasteiger partial charge is 0.309 e. The Kier molecular flexibility index (Phi) is 6.77. The maximum atomic E-state index is 12.7. The van der Waals surface area contributed by atoms with E-state index in [-0.39, 0.29) is 41.7 Å². The van der Waals surface area contributed by atoms with Gasteiger partial charge in [-0.2, -0.15) is 0 Å². The molecular weight excluding hydrogens is 348 g/mol. The van der Waals surface area contributed by atoms with Crippen LogP contribution in [0.25, 0.3) is 0 Å². The van der Waals surface area contributed by atoms with Crippen molar-refractivity contribution in [1.82, 2.24) is 0 Å². The lowest BCUT2D eigenvalue weighted by molar-refractivity contribution is -0.164. The molecular formula is C21H32O6. The fourth-order valence-corrected chi connectivity index (χ4v) is 5.36. The van der Waals surface area contributed by atoms with E-state index in [0.717, 1.165) is 51.4 Å². The van der Waals surface area contributed by atoms with Crippen LogP contribution < -0.4 is 0 Å². The number of ether oxygens (including phenoxy) is 1. The molecule has 3 rings (SSSR count). The van der Waals surface area contributed by atoms with E-state index >= 15 is 0 Å². The molecule has 0 radical (unpaired) electrons. The van der Waals surface area contributed by atoms with Crippen molar-refractivity contribution >= 4 is 17.9 Å². The van der Waals surface area contributed by atoms with Gasteiger partial charge in [-0.3, -0.25) is 14.4 Å². The molecule has 2 N–H and O–H groups in total. The Morgan fingerprint density at radius 2 is 1.04 bits per heavy atom. The summed E-state index contributed by atoms with van der Waals surface area (Å²) < 4.78 is 6.07. The van der Waals surface area contributed by atoms with Gasteiger partial charge in [0.2, 0.25) is 0 Å². The first-order valence-corrected chi connectivity index (χ1v) is 10.6. The molecule has 0 atom stereocenters. The molecule has 0 aromatic carbocycles. The third kappa shape index (κ3) is 5.02. The molecule has 0 spiro atoms. The number of carboxylic acid groups (broad SMARTS) is 2. The van der Waals surface area contributed by atoms with E-state index in [4.69, 9.17) is 4.74 Å². The fraction of sp³-hybridized carbons (Fsp3) is 0.857. The van der Waals surface area contributed by atoms with E-state index in [1.54, 1.807) is 0 Å². The van der Waals surface area contributed by atoms with Crippen LogP contribution in [0.5, 0.6) is 0 Å². The maximum Gasteiger partial charge on any atom is 0.309 e. The molecule has 0 aliphatic heterocycles. The van der Waals surface area contributed by atoms with Gasteiger partial charge in [-0.15, -0.1) is 0 Å². The minimum Gasteiger partial charge on any atom is -0.481 e. The third-order valence-corrected chi connectivity index (χ3v) is 7.11. The Morgan fingerprint density at radius 1 is 0.630 bits per heavy atom. The van der Waals surface area contributed by atoms with Gasteiger partial charge in [-0.1, -0.05) is 12.8 Å². The average molecular weight is 380 g/mol. The average Bonchev–Trinajstić information content (AvgIpc) is 3.21. The summed E-state index contributed by atoms with van der Waals surface area (Å²) in [4.78, 5) is 35.2. The Balaban J connectivity index is 1.64. The monoisotopic (exact) mass is 380 g/mol. The van der Waals surface area contributed by atoms with Crippen LogP contribution in [-0.2, 0) is 19.1 Å². The molecule has 0 bridgehead atoms. The van der Waals surface area contributed by atoms with Gasteiger partial charge in [0.25, 0.3) is 0 Å². The number of carbonyl (C=O) groups excluding carboxylic acids is 1. The van der Waals surface area contributed by atoms with Crippen LogP contribution in [0, 0.1) is 29.6 Å². The van der Waals surface area contributed by atoms with E-state index < -0.39 is 11.9 Å². The van der Waals surface area contributed by atoms with Crippen LogP contribution in [-0.4, -0.2) is 34.2 Å². The predicted molar refractivity (Wildman–Crippen MR) is 98.0 cm³/mol. The quantitative estimate of drug-likeness (QED) is 0.678. The number of rotatable bonds is 6. The molecule has 0 aromatic heterocycles. The second kappa shape index (κ2) is 9.07. The normalized spacial score (nSPS) is 33.3. The number of carbonyl (C=O) groups is 3. The third-order valence-electron chi connectivity index (χ3n) is 7.11. The summed E-state index contributed by atoms with van der Waals surface area (Å²) in [6.07, 6.45) is 9.46. The van der Waals surface area contributed by atoms with Gasteiger partial charge in [0.15, 0.2) is 0 Å². The van der Waals surface area contributed by atoms with E-state index in [1.165, 1.54) is 0 Å². The van der Waals surface area contributed by atoms with Gasteiger partial charge in [0.1, 0.15) is 6.10 Å². The molecule has 0 heterocycles. The first-order valence-electron chi connectivity index (χ1n) is 10.6. The topological polar surface area (TPSA) is 101 Å². The van der Waals surface area contributed by atoms with Gasteiger partial charge in [-0.25, -0.2) is 0 Å². The molecule has 0 aromatic rings. The predicted octanol–water partition coefficient (Wildman–Crippen LogP) is 3.87. The molecule has 0 unspecified atom stereocenters. The van der Waals surface area contributed by atoms with Crippen molar-refractivity contribution in [2.45, 2.75) is 83.2 Å².